The van der Waals surface area contributed by atoms with Crippen LogP contribution in [0.4, 0.5) is 0 Å². The number of hydrogen-bond acceptors (Lipinski definition) is 2. The van der Waals surface area contributed by atoms with Gasteiger partial charge in [0, 0.05) is 12.0 Å². The van der Waals surface area contributed by atoms with Gasteiger partial charge in [0.2, 0.25) is 0 Å². The zero-order valence-electron chi connectivity index (χ0n) is 10.8. The fourth-order valence-corrected chi connectivity index (χ4v) is 2.16. The molecule has 2 aromatic rings. The summed E-state index contributed by atoms with van der Waals surface area (Å²) in [5.41, 5.74) is 2.37. The second-order valence-electron chi connectivity index (χ2n) is 4.34. The quantitative estimate of drug-likeness (QED) is 0.770. The molecule has 2 rings (SSSR count). The molecule has 0 N–H and O–H groups in total. The normalized spacial score (nSPS) is 11.6. The van der Waals surface area contributed by atoms with E-state index in [1.165, 1.54) is 0 Å². The van der Waals surface area contributed by atoms with Gasteiger partial charge >= 0.3 is 0 Å². The van der Waals surface area contributed by atoms with Crippen LogP contribution in [0.5, 0.6) is 0 Å². The lowest BCUT2D eigenvalue weighted by molar-refractivity contribution is 0.0987. The van der Waals surface area contributed by atoms with Crippen molar-refractivity contribution in [3.05, 3.63) is 71.3 Å². The fraction of sp³-hybridized carbons (Fsp3) is 0.176. The molecule has 0 radical (unpaired) electrons. The van der Waals surface area contributed by atoms with Crippen LogP contribution >= 0.6 is 0 Å². The topological polar surface area (TPSA) is 40.9 Å². The smallest absolute Gasteiger partial charge is 0.162 e. The van der Waals surface area contributed by atoms with Crippen molar-refractivity contribution in [1.82, 2.24) is 0 Å². The number of benzene rings is 2. The molecule has 0 fully saturated rings. The molecule has 0 aliphatic heterocycles. The first-order chi connectivity index (χ1) is 9.27. The Morgan fingerprint density at radius 2 is 1.74 bits per heavy atom. The molecule has 19 heavy (non-hydrogen) atoms. The number of nitriles is 1. The van der Waals surface area contributed by atoms with Crippen LogP contribution in [-0.2, 0) is 0 Å². The molecule has 0 aliphatic carbocycles. The fourth-order valence-electron chi connectivity index (χ4n) is 2.16. The highest BCUT2D eigenvalue weighted by Crippen LogP contribution is 2.27. The Bertz CT molecular complexity index is 611. The van der Waals surface area contributed by atoms with Crippen LogP contribution < -0.4 is 0 Å². The third-order valence-electron chi connectivity index (χ3n) is 3.16. The van der Waals surface area contributed by atoms with E-state index in [9.17, 15) is 10.1 Å². The van der Waals surface area contributed by atoms with Crippen molar-refractivity contribution in [2.75, 3.05) is 0 Å². The maximum atomic E-state index is 12.0. The van der Waals surface area contributed by atoms with Gasteiger partial charge in [0.05, 0.1) is 12.0 Å². The lowest BCUT2D eigenvalue weighted by Crippen LogP contribution is -2.07. The van der Waals surface area contributed by atoms with Crippen LogP contribution in [0.15, 0.2) is 54.6 Å². The molecule has 0 aliphatic rings. The highest BCUT2D eigenvalue weighted by atomic mass is 16.1. The van der Waals surface area contributed by atoms with Gasteiger partial charge in [-0.25, -0.2) is 0 Å². The first-order valence-electron chi connectivity index (χ1n) is 6.34. The molecular weight excluding hydrogens is 234 g/mol. The van der Waals surface area contributed by atoms with Gasteiger partial charge in [-0.1, -0.05) is 61.5 Å². The minimum absolute atomic E-state index is 0.0757. The average molecular weight is 249 g/mol. The lowest BCUT2D eigenvalue weighted by atomic mass is 9.87. The summed E-state index contributed by atoms with van der Waals surface area (Å²) in [6.45, 7) is 1.84. The number of carbonyl (C=O) groups is 1. The van der Waals surface area contributed by atoms with Crippen LogP contribution in [0, 0.1) is 11.3 Å². The third kappa shape index (κ3) is 2.71. The van der Waals surface area contributed by atoms with Gasteiger partial charge in [0.1, 0.15) is 0 Å². The molecule has 2 aromatic carbocycles. The molecule has 0 heterocycles. The van der Waals surface area contributed by atoms with E-state index in [2.05, 4.69) is 6.07 Å². The van der Waals surface area contributed by atoms with Gasteiger partial charge in [-0.3, -0.25) is 4.79 Å². The first-order valence-corrected chi connectivity index (χ1v) is 6.34. The van der Waals surface area contributed by atoms with E-state index in [0.717, 1.165) is 11.1 Å². The molecule has 0 saturated carbocycles. The van der Waals surface area contributed by atoms with E-state index in [4.69, 9.17) is 0 Å². The molecule has 94 valence electrons. The number of rotatable bonds is 4. The Balaban J connectivity index is 2.51. The minimum atomic E-state index is -0.395. The van der Waals surface area contributed by atoms with E-state index >= 15 is 0 Å². The second kappa shape index (κ2) is 5.97. The maximum Gasteiger partial charge on any atom is 0.162 e. The summed E-state index contributed by atoms with van der Waals surface area (Å²) >= 11 is 0. The van der Waals surface area contributed by atoms with Crippen molar-refractivity contribution in [1.29, 1.82) is 5.26 Å². The van der Waals surface area contributed by atoms with Crippen LogP contribution in [-0.4, -0.2) is 5.78 Å². The Kier molecular flexibility index (Phi) is 4.10. The van der Waals surface area contributed by atoms with Gasteiger partial charge < -0.3 is 0 Å². The molecule has 2 heteroatoms. The standard InChI is InChI=1S/C17H15NO/c1-2-17(19)15-11-7-6-10-14(15)16(12-18)13-8-4-3-5-9-13/h3-11,16H,2H2,1H3. The Morgan fingerprint density at radius 1 is 1.11 bits per heavy atom. The van der Waals surface area contributed by atoms with Crippen LogP contribution in [0.25, 0.3) is 0 Å². The number of Topliss-reactive ketones (excluding diaryl/α,β-unsaturated/α-hetero) is 1. The average Bonchev–Trinajstić information content (AvgIpc) is 2.49. The minimum Gasteiger partial charge on any atom is -0.294 e. The van der Waals surface area contributed by atoms with Crippen LogP contribution in [0.3, 0.4) is 0 Å². The van der Waals surface area contributed by atoms with Gasteiger partial charge in [-0.05, 0) is 11.1 Å². The van der Waals surface area contributed by atoms with E-state index < -0.39 is 5.92 Å². The third-order valence-corrected chi connectivity index (χ3v) is 3.16. The summed E-state index contributed by atoms with van der Waals surface area (Å²) in [6.07, 6.45) is 0.448. The number of hydrogen-bond donors (Lipinski definition) is 0. The van der Waals surface area contributed by atoms with Crippen molar-refractivity contribution in [3.63, 3.8) is 0 Å². The summed E-state index contributed by atoms with van der Waals surface area (Å²) in [7, 11) is 0. The molecule has 0 bridgehead atoms. The summed E-state index contributed by atoms with van der Waals surface area (Å²) in [4.78, 5) is 12.0. The van der Waals surface area contributed by atoms with E-state index in [1.54, 1.807) is 6.07 Å². The van der Waals surface area contributed by atoms with Crippen molar-refractivity contribution in [2.45, 2.75) is 19.3 Å². The molecule has 0 aromatic heterocycles. The first kappa shape index (κ1) is 13.0. The molecule has 0 amide bonds. The summed E-state index contributed by atoms with van der Waals surface area (Å²) in [6, 6.07) is 19.2. The maximum absolute atomic E-state index is 12.0. The highest BCUT2D eigenvalue weighted by Gasteiger charge is 2.19. The number of nitrogens with zero attached hydrogens (tertiary/aromatic N) is 1. The van der Waals surface area contributed by atoms with Crippen LogP contribution in [0.1, 0.15) is 40.7 Å². The second-order valence-corrected chi connectivity index (χ2v) is 4.34. The number of carbonyl (C=O) groups excluding carboxylic acids is 1. The predicted molar refractivity (Wildman–Crippen MR) is 75.0 cm³/mol. The van der Waals surface area contributed by atoms with E-state index in [0.29, 0.717) is 12.0 Å². The van der Waals surface area contributed by atoms with E-state index in [1.807, 2.05) is 55.5 Å². The predicted octanol–water partition coefficient (Wildman–Crippen LogP) is 3.93. The van der Waals surface area contributed by atoms with Gasteiger partial charge in [-0.2, -0.15) is 5.26 Å². The van der Waals surface area contributed by atoms with Gasteiger partial charge in [0.15, 0.2) is 5.78 Å². The molecule has 2 nitrogen and oxygen atoms in total. The zero-order valence-corrected chi connectivity index (χ0v) is 10.8. The highest BCUT2D eigenvalue weighted by molar-refractivity contribution is 5.97. The zero-order chi connectivity index (χ0) is 13.7. The monoisotopic (exact) mass is 249 g/mol. The Hall–Kier alpha value is -2.40. The summed E-state index contributed by atoms with van der Waals surface area (Å²) < 4.78 is 0. The van der Waals surface area contributed by atoms with E-state index in [-0.39, 0.29) is 5.78 Å². The molecule has 1 unspecified atom stereocenters. The van der Waals surface area contributed by atoms with Crippen molar-refractivity contribution < 1.29 is 4.79 Å². The van der Waals surface area contributed by atoms with Crippen molar-refractivity contribution in [2.24, 2.45) is 0 Å². The lowest BCUT2D eigenvalue weighted by Gasteiger charge is -2.13. The summed E-state index contributed by atoms with van der Waals surface area (Å²) in [5, 5.41) is 9.45. The summed E-state index contributed by atoms with van der Waals surface area (Å²) in [5.74, 6) is -0.320. The van der Waals surface area contributed by atoms with Crippen molar-refractivity contribution in [3.8, 4) is 6.07 Å². The largest absolute Gasteiger partial charge is 0.294 e. The van der Waals surface area contributed by atoms with Gasteiger partial charge in [0.25, 0.3) is 0 Å². The molecule has 0 spiro atoms. The Labute approximate surface area is 113 Å². The van der Waals surface area contributed by atoms with Crippen LogP contribution in [0.2, 0.25) is 0 Å². The Morgan fingerprint density at radius 3 is 2.37 bits per heavy atom. The molecule has 0 saturated heterocycles. The number of ketones is 1. The van der Waals surface area contributed by atoms with Gasteiger partial charge in [-0.15, -0.1) is 0 Å². The van der Waals surface area contributed by atoms with Crippen molar-refractivity contribution >= 4 is 5.78 Å². The molecular formula is C17H15NO. The SMILES string of the molecule is CCC(=O)c1ccccc1C(C#N)c1ccccc1. The molecule has 1 atom stereocenters.